The van der Waals surface area contributed by atoms with E-state index in [1.807, 2.05) is 0 Å². The maximum atomic E-state index is 11.7. The predicted molar refractivity (Wildman–Crippen MR) is 54.4 cm³/mol. The number of amidine groups is 1. The summed E-state index contributed by atoms with van der Waals surface area (Å²) in [5, 5.41) is 1.80. The Kier molecular flexibility index (Phi) is 1.71. The summed E-state index contributed by atoms with van der Waals surface area (Å²) in [6, 6.07) is 1.72. The van der Waals surface area contributed by atoms with Crippen LogP contribution in [-0.2, 0) is 0 Å². The average molecular weight is 202 g/mol. The molecule has 5 heteroatoms. The molecule has 3 heterocycles. The number of carbonyl (C=O) groups is 1. The average Bonchev–Trinajstić information content (AvgIpc) is 2.30. The molecular formula is C10H10N4O. The molecule has 0 saturated heterocycles. The Balaban J connectivity index is 2.18. The first-order valence-corrected chi connectivity index (χ1v) is 4.93. The fraction of sp³-hybridized carbons (Fsp3) is 0.300. The number of nitrogens with zero attached hydrogens (tertiary/aromatic N) is 3. The maximum Gasteiger partial charge on any atom is 0.270 e. The highest BCUT2D eigenvalue weighted by Crippen LogP contribution is 2.18. The van der Waals surface area contributed by atoms with Gasteiger partial charge < -0.3 is 0 Å². The number of pyridine rings is 1. The number of rotatable bonds is 0. The van der Waals surface area contributed by atoms with Gasteiger partial charge in [0.25, 0.3) is 5.91 Å². The number of aliphatic imine (C=N–C) groups is 1. The van der Waals surface area contributed by atoms with Crippen molar-refractivity contribution in [1.82, 2.24) is 15.4 Å². The number of fused-ring (bicyclic) bond motifs is 3. The van der Waals surface area contributed by atoms with Crippen LogP contribution >= 0.6 is 0 Å². The Morgan fingerprint density at radius 3 is 3.27 bits per heavy atom. The number of aromatic nitrogens is 1. The standard InChI is InChI=1S/C10H10N4O/c15-10-7-2-4-11-6-8(7)9-12-3-1-5-14(9)13-10/h2,4,6H,1,3,5H2,(H,13,15). The van der Waals surface area contributed by atoms with Crippen LogP contribution in [0.2, 0.25) is 0 Å². The molecule has 0 unspecified atom stereocenters. The fourth-order valence-electron chi connectivity index (χ4n) is 1.90. The molecule has 5 nitrogen and oxygen atoms in total. The number of amides is 1. The van der Waals surface area contributed by atoms with E-state index < -0.39 is 0 Å². The summed E-state index contributed by atoms with van der Waals surface area (Å²) in [7, 11) is 0. The van der Waals surface area contributed by atoms with E-state index in [1.54, 1.807) is 23.5 Å². The summed E-state index contributed by atoms with van der Waals surface area (Å²) in [6.07, 6.45) is 4.29. The predicted octanol–water partition coefficient (Wildman–Crippen LogP) is 0.192. The summed E-state index contributed by atoms with van der Waals surface area (Å²) >= 11 is 0. The molecule has 2 aliphatic heterocycles. The lowest BCUT2D eigenvalue weighted by atomic mass is 10.1. The minimum atomic E-state index is -0.0757. The third kappa shape index (κ3) is 1.20. The molecule has 0 bridgehead atoms. The monoisotopic (exact) mass is 202 g/mol. The van der Waals surface area contributed by atoms with Crippen molar-refractivity contribution in [2.75, 3.05) is 13.1 Å². The molecule has 1 aromatic rings. The maximum absolute atomic E-state index is 11.7. The smallest absolute Gasteiger partial charge is 0.268 e. The van der Waals surface area contributed by atoms with Crippen molar-refractivity contribution in [3.63, 3.8) is 0 Å². The molecule has 2 aliphatic rings. The zero-order chi connectivity index (χ0) is 10.3. The van der Waals surface area contributed by atoms with Gasteiger partial charge in [-0.3, -0.25) is 25.2 Å². The van der Waals surface area contributed by atoms with Crippen LogP contribution in [0.15, 0.2) is 23.5 Å². The largest absolute Gasteiger partial charge is 0.270 e. The van der Waals surface area contributed by atoms with E-state index in [0.717, 1.165) is 30.9 Å². The van der Waals surface area contributed by atoms with Crippen LogP contribution in [0.1, 0.15) is 22.3 Å². The van der Waals surface area contributed by atoms with Crippen LogP contribution in [0.3, 0.4) is 0 Å². The Morgan fingerprint density at radius 2 is 2.33 bits per heavy atom. The number of nitrogens with one attached hydrogen (secondary N) is 1. The summed E-state index contributed by atoms with van der Waals surface area (Å²) in [6.45, 7) is 1.63. The van der Waals surface area contributed by atoms with Gasteiger partial charge >= 0.3 is 0 Å². The summed E-state index contributed by atoms with van der Waals surface area (Å²) in [5.74, 6) is 0.761. The summed E-state index contributed by atoms with van der Waals surface area (Å²) in [4.78, 5) is 20.2. The van der Waals surface area contributed by atoms with E-state index in [-0.39, 0.29) is 5.91 Å². The minimum Gasteiger partial charge on any atom is -0.268 e. The van der Waals surface area contributed by atoms with Crippen LogP contribution < -0.4 is 5.43 Å². The van der Waals surface area contributed by atoms with Gasteiger partial charge in [-0.05, 0) is 12.5 Å². The lowest BCUT2D eigenvalue weighted by Gasteiger charge is -2.33. The summed E-state index contributed by atoms with van der Waals surface area (Å²) in [5.41, 5.74) is 4.30. The first-order valence-electron chi connectivity index (χ1n) is 4.93. The van der Waals surface area contributed by atoms with Gasteiger partial charge in [0.1, 0.15) is 0 Å². The van der Waals surface area contributed by atoms with Crippen LogP contribution in [0.25, 0.3) is 0 Å². The molecule has 1 amide bonds. The van der Waals surface area contributed by atoms with E-state index in [4.69, 9.17) is 0 Å². The molecule has 0 spiro atoms. The molecule has 0 aliphatic carbocycles. The number of hydrazine groups is 1. The Bertz CT molecular complexity index is 454. The molecule has 76 valence electrons. The van der Waals surface area contributed by atoms with E-state index in [2.05, 4.69) is 15.4 Å². The molecule has 0 aromatic carbocycles. The highest BCUT2D eigenvalue weighted by molar-refractivity contribution is 6.13. The summed E-state index contributed by atoms with van der Waals surface area (Å²) < 4.78 is 0. The van der Waals surface area contributed by atoms with Crippen LogP contribution in [0.5, 0.6) is 0 Å². The van der Waals surface area contributed by atoms with Crippen molar-refractivity contribution in [3.8, 4) is 0 Å². The number of hydrogen-bond donors (Lipinski definition) is 1. The molecule has 15 heavy (non-hydrogen) atoms. The molecule has 0 fully saturated rings. The lowest BCUT2D eigenvalue weighted by molar-refractivity contribution is 0.0854. The first-order chi connectivity index (χ1) is 7.36. The van der Waals surface area contributed by atoms with Crippen molar-refractivity contribution in [2.24, 2.45) is 4.99 Å². The van der Waals surface area contributed by atoms with Crippen molar-refractivity contribution in [1.29, 1.82) is 0 Å². The Morgan fingerprint density at radius 1 is 1.40 bits per heavy atom. The van der Waals surface area contributed by atoms with Crippen LogP contribution in [0, 0.1) is 0 Å². The zero-order valence-corrected chi connectivity index (χ0v) is 8.10. The fourth-order valence-corrected chi connectivity index (χ4v) is 1.90. The van der Waals surface area contributed by atoms with Gasteiger partial charge in [0.2, 0.25) is 0 Å². The van der Waals surface area contributed by atoms with Gasteiger partial charge in [-0.25, -0.2) is 0 Å². The highest BCUT2D eigenvalue weighted by Gasteiger charge is 2.28. The van der Waals surface area contributed by atoms with Gasteiger partial charge in [0.15, 0.2) is 5.84 Å². The third-order valence-electron chi connectivity index (χ3n) is 2.60. The topological polar surface area (TPSA) is 57.6 Å². The number of hydrogen-bond acceptors (Lipinski definition) is 4. The van der Waals surface area contributed by atoms with Crippen molar-refractivity contribution >= 4 is 11.7 Å². The number of carbonyl (C=O) groups excluding carboxylic acids is 1. The van der Waals surface area contributed by atoms with Gasteiger partial charge in [0, 0.05) is 31.0 Å². The lowest BCUT2D eigenvalue weighted by Crippen LogP contribution is -2.53. The van der Waals surface area contributed by atoms with E-state index in [1.165, 1.54) is 0 Å². The molecule has 3 rings (SSSR count). The van der Waals surface area contributed by atoms with Crippen molar-refractivity contribution < 1.29 is 4.79 Å². The first kappa shape index (κ1) is 8.40. The van der Waals surface area contributed by atoms with Gasteiger partial charge in [0.05, 0.1) is 5.56 Å². The molecule has 0 saturated carbocycles. The zero-order valence-electron chi connectivity index (χ0n) is 8.10. The van der Waals surface area contributed by atoms with E-state index in [0.29, 0.717) is 5.56 Å². The van der Waals surface area contributed by atoms with Crippen molar-refractivity contribution in [2.45, 2.75) is 6.42 Å². The quantitative estimate of drug-likeness (QED) is 0.653. The Hall–Kier alpha value is -1.91. The second-order valence-electron chi connectivity index (χ2n) is 3.57. The normalized spacial score (nSPS) is 18.8. The molecular weight excluding hydrogens is 192 g/mol. The molecule has 1 aromatic heterocycles. The van der Waals surface area contributed by atoms with E-state index >= 15 is 0 Å². The van der Waals surface area contributed by atoms with E-state index in [9.17, 15) is 4.79 Å². The van der Waals surface area contributed by atoms with Crippen LogP contribution in [-0.4, -0.2) is 34.8 Å². The van der Waals surface area contributed by atoms with Gasteiger partial charge in [-0.1, -0.05) is 0 Å². The molecule has 0 radical (unpaired) electrons. The molecule has 1 N–H and O–H groups in total. The second kappa shape index (κ2) is 3.05. The third-order valence-corrected chi connectivity index (χ3v) is 2.60. The highest BCUT2D eigenvalue weighted by atomic mass is 16.2. The van der Waals surface area contributed by atoms with Gasteiger partial charge in [-0.15, -0.1) is 0 Å². The Labute approximate surface area is 86.8 Å². The molecule has 0 atom stereocenters. The van der Waals surface area contributed by atoms with Gasteiger partial charge in [-0.2, -0.15) is 0 Å². The van der Waals surface area contributed by atoms with Crippen molar-refractivity contribution in [3.05, 3.63) is 29.6 Å². The second-order valence-corrected chi connectivity index (χ2v) is 3.57. The SMILES string of the molecule is O=C1NN2CCCN=C2c2cnccc21. The van der Waals surface area contributed by atoms with Crippen LogP contribution in [0.4, 0.5) is 0 Å². The minimum absolute atomic E-state index is 0.0757.